The standard InChI is InChI=1S/C22H17N3O/c1-25-19-10-6-5-9-17(19)23-21(25)14-22-24-18-13-16(11-12-20(18)26-22)15-7-3-2-4-8-15/h2-13H,14H2,1H3. The molecule has 0 atom stereocenters. The van der Waals surface area contributed by atoms with Crippen molar-refractivity contribution >= 4 is 22.1 Å². The van der Waals surface area contributed by atoms with Crippen LogP contribution >= 0.6 is 0 Å². The van der Waals surface area contributed by atoms with Gasteiger partial charge in [-0.3, -0.25) is 0 Å². The van der Waals surface area contributed by atoms with Gasteiger partial charge in [-0.2, -0.15) is 0 Å². The zero-order valence-electron chi connectivity index (χ0n) is 14.4. The molecule has 5 rings (SSSR count). The van der Waals surface area contributed by atoms with Gasteiger partial charge in [0, 0.05) is 7.05 Å². The van der Waals surface area contributed by atoms with Crippen LogP contribution in [-0.2, 0) is 13.5 Å². The Kier molecular flexibility index (Phi) is 3.35. The van der Waals surface area contributed by atoms with E-state index in [2.05, 4.69) is 39.9 Å². The highest BCUT2D eigenvalue weighted by molar-refractivity contribution is 5.80. The second kappa shape index (κ2) is 5.85. The SMILES string of the molecule is Cn1c(Cc2nc3cc(-c4ccccc4)ccc3o2)nc2ccccc21. The molecule has 2 aromatic heterocycles. The fraction of sp³-hybridized carbons (Fsp3) is 0.0909. The molecule has 0 aliphatic heterocycles. The molecule has 2 heterocycles. The molecule has 0 saturated carbocycles. The van der Waals surface area contributed by atoms with E-state index >= 15 is 0 Å². The first-order chi connectivity index (χ1) is 12.8. The first-order valence-electron chi connectivity index (χ1n) is 8.63. The van der Waals surface area contributed by atoms with Crippen LogP contribution in [0.15, 0.2) is 77.2 Å². The van der Waals surface area contributed by atoms with Crippen LogP contribution in [0.4, 0.5) is 0 Å². The summed E-state index contributed by atoms with van der Waals surface area (Å²) in [4.78, 5) is 9.39. The summed E-state index contributed by atoms with van der Waals surface area (Å²) in [5.41, 5.74) is 6.10. The van der Waals surface area contributed by atoms with Crippen molar-refractivity contribution in [1.82, 2.24) is 14.5 Å². The molecule has 0 aliphatic carbocycles. The van der Waals surface area contributed by atoms with E-state index in [-0.39, 0.29) is 0 Å². The second-order valence-corrected chi connectivity index (χ2v) is 6.41. The summed E-state index contributed by atoms with van der Waals surface area (Å²) in [5.74, 6) is 1.63. The fourth-order valence-corrected chi connectivity index (χ4v) is 3.35. The van der Waals surface area contributed by atoms with Gasteiger partial charge in [0.15, 0.2) is 5.58 Å². The van der Waals surface area contributed by atoms with Crippen LogP contribution < -0.4 is 0 Å². The van der Waals surface area contributed by atoms with Gasteiger partial charge in [-0.1, -0.05) is 48.5 Å². The number of fused-ring (bicyclic) bond motifs is 2. The van der Waals surface area contributed by atoms with Crippen LogP contribution in [0.2, 0.25) is 0 Å². The van der Waals surface area contributed by atoms with Gasteiger partial charge in [0.05, 0.1) is 17.5 Å². The van der Waals surface area contributed by atoms with Crippen LogP contribution in [0.5, 0.6) is 0 Å². The van der Waals surface area contributed by atoms with Crippen molar-refractivity contribution in [3.63, 3.8) is 0 Å². The highest BCUT2D eigenvalue weighted by atomic mass is 16.3. The van der Waals surface area contributed by atoms with Gasteiger partial charge in [0.2, 0.25) is 5.89 Å². The summed E-state index contributed by atoms with van der Waals surface area (Å²) >= 11 is 0. The number of aromatic nitrogens is 3. The van der Waals surface area contributed by atoms with Crippen molar-refractivity contribution in [3.05, 3.63) is 84.5 Å². The quantitative estimate of drug-likeness (QED) is 0.466. The Morgan fingerprint density at radius 3 is 2.46 bits per heavy atom. The lowest BCUT2D eigenvalue weighted by molar-refractivity contribution is 0.536. The van der Waals surface area contributed by atoms with E-state index in [0.717, 1.165) is 33.5 Å². The highest BCUT2D eigenvalue weighted by Gasteiger charge is 2.13. The number of imidazole rings is 1. The minimum atomic E-state index is 0.570. The molecule has 126 valence electrons. The van der Waals surface area contributed by atoms with E-state index in [4.69, 9.17) is 9.40 Å². The molecule has 3 aromatic carbocycles. The van der Waals surface area contributed by atoms with Gasteiger partial charge in [-0.05, 0) is 35.4 Å². The molecular weight excluding hydrogens is 322 g/mol. The van der Waals surface area contributed by atoms with Crippen molar-refractivity contribution in [2.75, 3.05) is 0 Å². The van der Waals surface area contributed by atoms with E-state index in [1.165, 1.54) is 5.56 Å². The molecule has 0 aliphatic rings. The Labute approximate surface area is 150 Å². The minimum absolute atomic E-state index is 0.570. The molecule has 4 heteroatoms. The van der Waals surface area contributed by atoms with Gasteiger partial charge in [0.25, 0.3) is 0 Å². The number of hydrogen-bond acceptors (Lipinski definition) is 3. The molecule has 0 radical (unpaired) electrons. The average Bonchev–Trinajstić information content (AvgIpc) is 3.23. The molecule has 0 N–H and O–H groups in total. The fourth-order valence-electron chi connectivity index (χ4n) is 3.35. The van der Waals surface area contributed by atoms with Gasteiger partial charge >= 0.3 is 0 Å². The van der Waals surface area contributed by atoms with Gasteiger partial charge in [-0.25, -0.2) is 9.97 Å². The number of hydrogen-bond donors (Lipinski definition) is 0. The Hall–Kier alpha value is -3.40. The van der Waals surface area contributed by atoms with Gasteiger partial charge < -0.3 is 8.98 Å². The Morgan fingerprint density at radius 2 is 1.62 bits per heavy atom. The van der Waals surface area contributed by atoms with E-state index in [9.17, 15) is 0 Å². The molecule has 0 spiro atoms. The largest absolute Gasteiger partial charge is 0.440 e. The van der Waals surface area contributed by atoms with Crippen molar-refractivity contribution in [2.45, 2.75) is 6.42 Å². The predicted molar refractivity (Wildman–Crippen MR) is 103 cm³/mol. The molecule has 4 nitrogen and oxygen atoms in total. The minimum Gasteiger partial charge on any atom is -0.440 e. The topological polar surface area (TPSA) is 43.9 Å². The maximum absolute atomic E-state index is 5.95. The highest BCUT2D eigenvalue weighted by Crippen LogP contribution is 2.25. The van der Waals surface area contributed by atoms with Crippen LogP contribution in [-0.4, -0.2) is 14.5 Å². The molecule has 0 unspecified atom stereocenters. The normalized spacial score (nSPS) is 11.4. The second-order valence-electron chi connectivity index (χ2n) is 6.41. The number of oxazole rings is 1. The maximum Gasteiger partial charge on any atom is 0.203 e. The Bertz CT molecular complexity index is 1220. The lowest BCUT2D eigenvalue weighted by Crippen LogP contribution is -1.99. The average molecular weight is 339 g/mol. The molecule has 5 aromatic rings. The summed E-state index contributed by atoms with van der Waals surface area (Å²) in [6, 6.07) is 24.6. The van der Waals surface area contributed by atoms with Crippen LogP contribution in [0.25, 0.3) is 33.3 Å². The summed E-state index contributed by atoms with van der Waals surface area (Å²) in [5, 5.41) is 0. The first-order valence-corrected chi connectivity index (χ1v) is 8.63. The van der Waals surface area contributed by atoms with Crippen molar-refractivity contribution in [2.24, 2.45) is 7.05 Å². The summed E-state index contributed by atoms with van der Waals surface area (Å²) in [6.45, 7) is 0. The zero-order chi connectivity index (χ0) is 17.5. The van der Waals surface area contributed by atoms with Gasteiger partial charge in [-0.15, -0.1) is 0 Å². The smallest absolute Gasteiger partial charge is 0.203 e. The van der Waals surface area contributed by atoms with E-state index in [1.807, 2.05) is 49.5 Å². The lowest BCUT2D eigenvalue weighted by atomic mass is 10.1. The molecule has 26 heavy (non-hydrogen) atoms. The van der Waals surface area contributed by atoms with Crippen LogP contribution in [0, 0.1) is 0 Å². The molecule has 0 amide bonds. The lowest BCUT2D eigenvalue weighted by Gasteiger charge is -1.99. The number of aryl methyl sites for hydroxylation is 1. The number of rotatable bonds is 3. The number of nitrogens with zero attached hydrogens (tertiary/aromatic N) is 3. The Balaban J connectivity index is 1.52. The van der Waals surface area contributed by atoms with E-state index < -0.39 is 0 Å². The third-order valence-corrected chi connectivity index (χ3v) is 4.73. The Morgan fingerprint density at radius 1 is 0.808 bits per heavy atom. The third-order valence-electron chi connectivity index (χ3n) is 4.73. The summed E-state index contributed by atoms with van der Waals surface area (Å²) in [7, 11) is 2.03. The monoisotopic (exact) mass is 339 g/mol. The zero-order valence-corrected chi connectivity index (χ0v) is 14.4. The maximum atomic E-state index is 5.95. The third kappa shape index (κ3) is 2.47. The predicted octanol–water partition coefficient (Wildman–Crippen LogP) is 4.97. The van der Waals surface area contributed by atoms with Crippen molar-refractivity contribution < 1.29 is 4.42 Å². The summed E-state index contributed by atoms with van der Waals surface area (Å²) < 4.78 is 8.05. The van der Waals surface area contributed by atoms with Gasteiger partial charge in [0.1, 0.15) is 11.3 Å². The molecular formula is C22H17N3O. The summed E-state index contributed by atoms with van der Waals surface area (Å²) in [6.07, 6.45) is 0.570. The number of para-hydroxylation sites is 2. The van der Waals surface area contributed by atoms with Crippen molar-refractivity contribution in [1.29, 1.82) is 0 Å². The number of benzene rings is 3. The molecule has 0 fully saturated rings. The van der Waals surface area contributed by atoms with Crippen LogP contribution in [0.3, 0.4) is 0 Å². The van der Waals surface area contributed by atoms with Crippen LogP contribution in [0.1, 0.15) is 11.7 Å². The van der Waals surface area contributed by atoms with E-state index in [0.29, 0.717) is 12.3 Å². The first kappa shape index (κ1) is 14.9. The van der Waals surface area contributed by atoms with Crippen molar-refractivity contribution in [3.8, 4) is 11.1 Å². The molecule has 0 saturated heterocycles. The molecule has 0 bridgehead atoms. The van der Waals surface area contributed by atoms with E-state index in [1.54, 1.807) is 0 Å².